The number of aliphatic hydroxyl groups excluding tert-OH is 1. The van der Waals surface area contributed by atoms with Gasteiger partial charge in [-0.1, -0.05) is 362 Å². The molecule has 0 bridgehead atoms. The van der Waals surface area contributed by atoms with E-state index in [1.807, 2.05) is 27.2 Å². The molecule has 0 aliphatic heterocycles. The van der Waals surface area contributed by atoms with Crippen LogP contribution in [0.25, 0.3) is 0 Å². The largest absolute Gasteiger partial charge is 0.756 e. The van der Waals surface area contributed by atoms with Crippen molar-refractivity contribution in [3.63, 3.8) is 0 Å². The smallest absolute Gasteiger partial charge is 0.268 e. The second-order valence-corrected chi connectivity index (χ2v) is 28.4. The van der Waals surface area contributed by atoms with E-state index >= 15 is 0 Å². The number of likely N-dealkylation sites (N-methyl/N-ethyl adjacent to an activating group) is 1. The molecule has 0 rings (SSSR count). The lowest BCUT2D eigenvalue weighted by atomic mass is 10.0. The third-order valence-corrected chi connectivity index (χ3v) is 18.1. The molecule has 0 saturated heterocycles. The summed E-state index contributed by atoms with van der Waals surface area (Å²) in [6, 6.07) is -0.908. The second-order valence-electron chi connectivity index (χ2n) is 27.0. The molecule has 2 N–H and O–H groups in total. The van der Waals surface area contributed by atoms with Crippen molar-refractivity contribution in [2.45, 2.75) is 373 Å². The number of unbranched alkanes of at least 4 members (excludes halogenated alkanes) is 45. The summed E-state index contributed by atoms with van der Waals surface area (Å²) in [5, 5.41) is 14.0. The first-order chi connectivity index (χ1) is 43.0. The topological polar surface area (TPSA) is 108 Å². The van der Waals surface area contributed by atoms with Crippen LogP contribution in [0.3, 0.4) is 0 Å². The molecule has 0 spiro atoms. The van der Waals surface area contributed by atoms with Crippen molar-refractivity contribution in [3.05, 3.63) is 85.1 Å². The van der Waals surface area contributed by atoms with Crippen LogP contribution < -0.4 is 10.2 Å². The van der Waals surface area contributed by atoms with Gasteiger partial charge >= 0.3 is 0 Å². The quantitative estimate of drug-likeness (QED) is 0.0272. The van der Waals surface area contributed by atoms with Crippen molar-refractivity contribution >= 4 is 13.7 Å². The average molecular weight is 1250 g/mol. The molecule has 0 radical (unpaired) electrons. The highest BCUT2D eigenvalue weighted by Gasteiger charge is 2.23. The van der Waals surface area contributed by atoms with Crippen molar-refractivity contribution in [1.29, 1.82) is 0 Å². The monoisotopic (exact) mass is 1250 g/mol. The lowest BCUT2D eigenvalue weighted by Crippen LogP contribution is -2.45. The van der Waals surface area contributed by atoms with E-state index in [2.05, 4.69) is 92.1 Å². The number of phosphoric acid groups is 1. The summed E-state index contributed by atoms with van der Waals surface area (Å²) in [7, 11) is 1.25. The van der Waals surface area contributed by atoms with E-state index < -0.39 is 26.6 Å². The molecule has 0 saturated carbocycles. The van der Waals surface area contributed by atoms with Gasteiger partial charge in [-0.25, -0.2) is 0 Å². The van der Waals surface area contributed by atoms with Crippen LogP contribution in [-0.2, 0) is 18.4 Å². The Morgan fingerprint density at radius 2 is 0.705 bits per heavy atom. The molecule has 9 heteroatoms. The molecule has 88 heavy (non-hydrogen) atoms. The van der Waals surface area contributed by atoms with Gasteiger partial charge in [0.1, 0.15) is 13.2 Å². The standard InChI is InChI=1S/C79H147N2O6P/c1-6-8-10-12-14-16-18-20-22-24-26-28-30-32-34-36-38-39-40-41-43-45-47-49-51-53-55-57-59-61-63-65-67-69-71-73-79(83)80-77(76-87-88(84,85)86-75-74-81(3,4)5)78(82)72-70-68-66-64-62-60-58-56-54-52-50-48-46-44-42-37-35-33-31-29-27-25-23-21-19-17-15-13-11-9-7-2/h8,10,14,16,20,22,26,28,32,34,62,64,70,72,77-78,82H,6-7,9,11-13,15,17-19,21,23-25,27,29-31,33,35-61,63,65-69,71,73-76H2,1-5H3,(H-,80,83,84,85)/b10-8-,16-14-,22-20-,28-26-,34-32-,64-62+,72-70+. The summed E-state index contributed by atoms with van der Waals surface area (Å²) < 4.78 is 23.5. The van der Waals surface area contributed by atoms with Crippen LogP contribution in [-0.4, -0.2) is 68.5 Å². The Balaban J connectivity index is 4.04. The summed E-state index contributed by atoms with van der Waals surface area (Å²) in [5.41, 5.74) is 0. The molecule has 0 aromatic carbocycles. The zero-order chi connectivity index (χ0) is 64.1. The highest BCUT2D eigenvalue weighted by Crippen LogP contribution is 2.38. The maximum Gasteiger partial charge on any atom is 0.268 e. The summed E-state index contributed by atoms with van der Waals surface area (Å²) in [6.07, 6.45) is 98.8. The van der Waals surface area contributed by atoms with Crippen LogP contribution in [0.4, 0.5) is 0 Å². The third-order valence-electron chi connectivity index (χ3n) is 17.1. The Kier molecular flexibility index (Phi) is 67.2. The molecule has 0 aromatic heterocycles. The fourth-order valence-electron chi connectivity index (χ4n) is 11.3. The second kappa shape index (κ2) is 69.0. The molecule has 0 aliphatic rings. The fourth-order valence-corrected chi connectivity index (χ4v) is 12.0. The number of amides is 1. The van der Waals surface area contributed by atoms with Gasteiger partial charge in [-0.15, -0.1) is 0 Å². The summed E-state index contributed by atoms with van der Waals surface area (Å²) >= 11 is 0. The van der Waals surface area contributed by atoms with E-state index in [1.165, 1.54) is 270 Å². The third kappa shape index (κ3) is 71.1. The van der Waals surface area contributed by atoms with Gasteiger partial charge in [0.05, 0.1) is 39.9 Å². The molecule has 1 amide bonds. The molecule has 514 valence electrons. The summed E-state index contributed by atoms with van der Waals surface area (Å²) in [6.45, 7) is 4.56. The Morgan fingerprint density at radius 1 is 0.409 bits per heavy atom. The molecule has 8 nitrogen and oxygen atoms in total. The number of aliphatic hydroxyl groups is 1. The van der Waals surface area contributed by atoms with Crippen molar-refractivity contribution in [1.82, 2.24) is 5.32 Å². The van der Waals surface area contributed by atoms with Crippen LogP contribution in [0.1, 0.15) is 361 Å². The average Bonchev–Trinajstić information content (AvgIpc) is 3.64. The van der Waals surface area contributed by atoms with Gasteiger partial charge in [0.25, 0.3) is 7.82 Å². The van der Waals surface area contributed by atoms with Crippen LogP contribution >= 0.6 is 7.82 Å². The lowest BCUT2D eigenvalue weighted by Gasteiger charge is -2.29. The maximum atomic E-state index is 13.1. The van der Waals surface area contributed by atoms with Crippen LogP contribution in [0.15, 0.2) is 85.1 Å². The van der Waals surface area contributed by atoms with Gasteiger partial charge in [-0.3, -0.25) is 9.36 Å². The number of nitrogens with one attached hydrogen (secondary N) is 1. The van der Waals surface area contributed by atoms with Gasteiger partial charge in [-0.2, -0.15) is 0 Å². The zero-order valence-electron chi connectivity index (χ0n) is 58.9. The Morgan fingerprint density at radius 3 is 1.06 bits per heavy atom. The van der Waals surface area contributed by atoms with E-state index in [-0.39, 0.29) is 12.5 Å². The first kappa shape index (κ1) is 85.7. The first-order valence-electron chi connectivity index (χ1n) is 37.9. The number of hydrogen-bond acceptors (Lipinski definition) is 6. The zero-order valence-corrected chi connectivity index (χ0v) is 59.8. The summed E-state index contributed by atoms with van der Waals surface area (Å²) in [4.78, 5) is 25.7. The minimum Gasteiger partial charge on any atom is -0.756 e. The summed E-state index contributed by atoms with van der Waals surface area (Å²) in [5.74, 6) is -0.203. The number of quaternary nitrogens is 1. The minimum atomic E-state index is -4.62. The predicted octanol–water partition coefficient (Wildman–Crippen LogP) is 24.0. The minimum absolute atomic E-state index is 0.00717. The van der Waals surface area contributed by atoms with Crippen molar-refractivity contribution in [3.8, 4) is 0 Å². The number of nitrogens with zero attached hydrogens (tertiary/aromatic N) is 1. The van der Waals surface area contributed by atoms with Crippen LogP contribution in [0.2, 0.25) is 0 Å². The van der Waals surface area contributed by atoms with E-state index in [0.29, 0.717) is 17.4 Å². The number of phosphoric ester groups is 1. The van der Waals surface area contributed by atoms with Gasteiger partial charge in [0, 0.05) is 6.42 Å². The SMILES string of the molecule is CC/C=C\C/C=C\C/C=C\C/C=C\C/C=C\CCCCCCCCCCCCCCCCCCCCCC(=O)NC(COP(=O)([O-])OCC[N+](C)(C)C)C(O)/C=C/CC/C=C/CCCCCCCCCCCCCCCCCCCCCCCCCCC. The van der Waals surface area contributed by atoms with E-state index in [9.17, 15) is 19.4 Å². The molecule has 0 aromatic rings. The van der Waals surface area contributed by atoms with Gasteiger partial charge in [0.15, 0.2) is 0 Å². The Labute approximate surface area is 547 Å². The lowest BCUT2D eigenvalue weighted by molar-refractivity contribution is -0.870. The number of allylic oxidation sites excluding steroid dienone is 13. The van der Waals surface area contributed by atoms with Gasteiger partial charge in [0.2, 0.25) is 5.91 Å². The van der Waals surface area contributed by atoms with Crippen molar-refractivity contribution in [2.75, 3.05) is 40.9 Å². The fraction of sp³-hybridized carbons (Fsp3) is 0.810. The number of carbonyl (C=O) groups excluding carboxylic acids is 1. The molecular formula is C79H147N2O6P. The number of carbonyl (C=O) groups is 1. The maximum absolute atomic E-state index is 13.1. The Hall–Kier alpha value is -2.32. The van der Waals surface area contributed by atoms with E-state index in [4.69, 9.17) is 9.05 Å². The van der Waals surface area contributed by atoms with Crippen molar-refractivity contribution < 1.29 is 32.9 Å². The highest BCUT2D eigenvalue weighted by molar-refractivity contribution is 7.45. The molecule has 3 atom stereocenters. The molecule has 0 fully saturated rings. The molecular weight excluding hydrogens is 1100 g/mol. The predicted molar refractivity (Wildman–Crippen MR) is 385 cm³/mol. The van der Waals surface area contributed by atoms with Gasteiger partial charge in [-0.05, 0) is 77.0 Å². The van der Waals surface area contributed by atoms with Crippen molar-refractivity contribution in [2.24, 2.45) is 0 Å². The Bertz CT molecular complexity index is 1710. The molecule has 3 unspecified atom stereocenters. The molecule has 0 heterocycles. The van der Waals surface area contributed by atoms with Crippen LogP contribution in [0.5, 0.6) is 0 Å². The molecule has 0 aliphatic carbocycles. The number of rotatable bonds is 70. The van der Waals surface area contributed by atoms with Gasteiger partial charge < -0.3 is 28.8 Å². The highest BCUT2D eigenvalue weighted by atomic mass is 31.2. The van der Waals surface area contributed by atoms with E-state index in [0.717, 1.165) is 70.6 Å². The normalized spacial score (nSPS) is 14.0. The van der Waals surface area contributed by atoms with E-state index in [1.54, 1.807) is 6.08 Å². The van der Waals surface area contributed by atoms with Crippen LogP contribution in [0, 0.1) is 0 Å². The number of hydrogen-bond donors (Lipinski definition) is 2. The first-order valence-corrected chi connectivity index (χ1v) is 39.4.